The summed E-state index contributed by atoms with van der Waals surface area (Å²) in [5, 5.41) is 12.5. The maximum atomic E-state index is 13.2. The fourth-order valence-corrected chi connectivity index (χ4v) is 3.51. The Labute approximate surface area is 179 Å². The van der Waals surface area contributed by atoms with Gasteiger partial charge in [-0.05, 0) is 78.5 Å². The number of aliphatic hydroxyl groups excluding tert-OH is 1. The second-order valence-electron chi connectivity index (χ2n) is 6.32. The molecule has 2 N–H and O–H groups in total. The second-order valence-corrected chi connectivity index (χ2v) is 7.58. The first kappa shape index (κ1) is 22.9. The lowest BCUT2D eigenvalue weighted by atomic mass is 10.2. The van der Waals surface area contributed by atoms with E-state index in [2.05, 4.69) is 21.2 Å². The number of halogens is 3. The largest absolute Gasteiger partial charge is 0.490 e. The second kappa shape index (κ2) is 12.3. The summed E-state index contributed by atoms with van der Waals surface area (Å²) in [6, 6.07) is 8.19. The molecule has 4 nitrogen and oxygen atoms in total. The van der Waals surface area contributed by atoms with Crippen molar-refractivity contribution in [3.8, 4) is 11.5 Å². The maximum absolute atomic E-state index is 13.2. The van der Waals surface area contributed by atoms with Crippen molar-refractivity contribution in [2.75, 3.05) is 19.8 Å². The van der Waals surface area contributed by atoms with E-state index in [1.54, 1.807) is 6.07 Å². The molecular formula is C21H26BrClFNO3. The molecule has 0 heterocycles. The first-order chi connectivity index (χ1) is 13.5. The highest BCUT2D eigenvalue weighted by Gasteiger charge is 2.13. The van der Waals surface area contributed by atoms with Gasteiger partial charge in [-0.15, -0.1) is 0 Å². The lowest BCUT2D eigenvalue weighted by Crippen LogP contribution is -2.15. The summed E-state index contributed by atoms with van der Waals surface area (Å²) in [5.74, 6) is 0.860. The standard InChI is InChI=1S/C21H26BrClFNO3/c1-2-27-20-11-15(13-25-8-4-3-5-9-26)10-18(22)21(20)28-14-16-6-7-17(24)12-19(16)23/h6-7,10-12,25-26H,2-5,8-9,13-14H2,1H3. The van der Waals surface area contributed by atoms with Crippen molar-refractivity contribution in [1.82, 2.24) is 5.32 Å². The fourth-order valence-electron chi connectivity index (χ4n) is 2.69. The molecule has 0 fully saturated rings. The van der Waals surface area contributed by atoms with E-state index in [9.17, 15) is 4.39 Å². The summed E-state index contributed by atoms with van der Waals surface area (Å²) >= 11 is 9.64. The zero-order chi connectivity index (χ0) is 20.4. The van der Waals surface area contributed by atoms with Gasteiger partial charge in [-0.1, -0.05) is 17.7 Å². The van der Waals surface area contributed by atoms with Gasteiger partial charge in [0.25, 0.3) is 0 Å². The van der Waals surface area contributed by atoms with E-state index < -0.39 is 0 Å². The van der Waals surface area contributed by atoms with E-state index in [0.717, 1.165) is 35.8 Å². The first-order valence-electron chi connectivity index (χ1n) is 9.38. The van der Waals surface area contributed by atoms with Crippen LogP contribution in [0.1, 0.15) is 37.3 Å². The summed E-state index contributed by atoms with van der Waals surface area (Å²) in [4.78, 5) is 0. The summed E-state index contributed by atoms with van der Waals surface area (Å²) in [7, 11) is 0. The number of unbranched alkanes of at least 4 members (excludes halogenated alkanes) is 2. The average Bonchev–Trinajstić information content (AvgIpc) is 2.65. The highest BCUT2D eigenvalue weighted by atomic mass is 79.9. The van der Waals surface area contributed by atoms with Gasteiger partial charge in [-0.3, -0.25) is 0 Å². The van der Waals surface area contributed by atoms with Crippen LogP contribution in [0.25, 0.3) is 0 Å². The van der Waals surface area contributed by atoms with Crippen LogP contribution in [0.4, 0.5) is 4.39 Å². The molecule has 0 aliphatic rings. The highest BCUT2D eigenvalue weighted by molar-refractivity contribution is 9.10. The Hall–Kier alpha value is -1.34. The molecule has 7 heteroatoms. The van der Waals surface area contributed by atoms with Gasteiger partial charge in [0.05, 0.1) is 16.1 Å². The Kier molecular flexibility index (Phi) is 10.1. The van der Waals surface area contributed by atoms with Gasteiger partial charge in [-0.25, -0.2) is 4.39 Å². The highest BCUT2D eigenvalue weighted by Crippen LogP contribution is 2.38. The number of rotatable bonds is 12. The molecule has 0 amide bonds. The van der Waals surface area contributed by atoms with E-state index in [1.807, 2.05) is 19.1 Å². The minimum Gasteiger partial charge on any atom is -0.490 e. The predicted molar refractivity (Wildman–Crippen MR) is 114 cm³/mol. The topological polar surface area (TPSA) is 50.7 Å². The Morgan fingerprint density at radius 1 is 1.14 bits per heavy atom. The lowest BCUT2D eigenvalue weighted by molar-refractivity contribution is 0.267. The summed E-state index contributed by atoms with van der Waals surface area (Å²) in [6.45, 7) is 4.49. The lowest BCUT2D eigenvalue weighted by Gasteiger charge is -2.16. The van der Waals surface area contributed by atoms with Gasteiger partial charge in [-0.2, -0.15) is 0 Å². The smallest absolute Gasteiger partial charge is 0.175 e. The minimum absolute atomic E-state index is 0.209. The molecule has 0 atom stereocenters. The van der Waals surface area contributed by atoms with Gasteiger partial charge in [0.1, 0.15) is 12.4 Å². The van der Waals surface area contributed by atoms with Crippen molar-refractivity contribution in [1.29, 1.82) is 0 Å². The SMILES string of the molecule is CCOc1cc(CNCCCCCO)cc(Br)c1OCc1ccc(F)cc1Cl. The normalized spacial score (nSPS) is 10.9. The number of hydrogen-bond acceptors (Lipinski definition) is 4. The number of benzene rings is 2. The fraction of sp³-hybridized carbons (Fsp3) is 0.429. The number of aliphatic hydroxyl groups is 1. The molecule has 28 heavy (non-hydrogen) atoms. The van der Waals surface area contributed by atoms with Crippen LogP contribution < -0.4 is 14.8 Å². The predicted octanol–water partition coefficient (Wildman–Crippen LogP) is 5.47. The quantitative estimate of drug-likeness (QED) is 0.400. The summed E-state index contributed by atoms with van der Waals surface area (Å²) < 4.78 is 25.7. The van der Waals surface area contributed by atoms with E-state index in [1.165, 1.54) is 12.1 Å². The van der Waals surface area contributed by atoms with Gasteiger partial charge in [0, 0.05) is 18.7 Å². The zero-order valence-corrected chi connectivity index (χ0v) is 18.3. The Morgan fingerprint density at radius 3 is 2.68 bits per heavy atom. The molecule has 2 rings (SSSR count). The van der Waals surface area contributed by atoms with Gasteiger partial charge >= 0.3 is 0 Å². The molecule has 0 aliphatic carbocycles. The van der Waals surface area contributed by atoms with Crippen LogP contribution in [0.3, 0.4) is 0 Å². The average molecular weight is 475 g/mol. The number of hydrogen-bond donors (Lipinski definition) is 2. The van der Waals surface area contributed by atoms with Gasteiger partial charge < -0.3 is 19.9 Å². The maximum Gasteiger partial charge on any atom is 0.175 e. The third-order valence-electron chi connectivity index (χ3n) is 4.10. The van der Waals surface area contributed by atoms with Gasteiger partial charge in [0.2, 0.25) is 0 Å². The molecule has 0 saturated heterocycles. The number of nitrogens with one attached hydrogen (secondary N) is 1. The van der Waals surface area contributed by atoms with Crippen LogP contribution in [-0.2, 0) is 13.2 Å². The molecule has 0 aliphatic heterocycles. The van der Waals surface area contributed by atoms with E-state index in [-0.39, 0.29) is 19.0 Å². The van der Waals surface area contributed by atoms with Crippen LogP contribution >= 0.6 is 27.5 Å². The molecule has 154 valence electrons. The van der Waals surface area contributed by atoms with Crippen molar-refractivity contribution >= 4 is 27.5 Å². The molecule has 0 saturated carbocycles. The molecule has 2 aromatic carbocycles. The van der Waals surface area contributed by atoms with Crippen LogP contribution in [0.5, 0.6) is 11.5 Å². The van der Waals surface area contributed by atoms with Crippen molar-refractivity contribution < 1.29 is 19.0 Å². The van der Waals surface area contributed by atoms with Crippen LogP contribution in [0.15, 0.2) is 34.8 Å². The number of ether oxygens (including phenoxy) is 2. The van der Waals surface area contributed by atoms with E-state index in [4.69, 9.17) is 26.2 Å². The molecule has 2 aromatic rings. The van der Waals surface area contributed by atoms with Crippen molar-refractivity contribution in [3.63, 3.8) is 0 Å². The Balaban J connectivity index is 2.02. The molecular weight excluding hydrogens is 449 g/mol. The molecule has 0 bridgehead atoms. The Morgan fingerprint density at radius 2 is 1.96 bits per heavy atom. The van der Waals surface area contributed by atoms with Crippen LogP contribution in [-0.4, -0.2) is 24.9 Å². The van der Waals surface area contributed by atoms with Crippen molar-refractivity contribution in [3.05, 3.63) is 56.8 Å². The summed E-state index contributed by atoms with van der Waals surface area (Å²) in [6.07, 6.45) is 2.88. The molecule has 0 radical (unpaired) electrons. The van der Waals surface area contributed by atoms with Gasteiger partial charge in [0.15, 0.2) is 11.5 Å². The Bertz CT molecular complexity index is 761. The summed E-state index contributed by atoms with van der Waals surface area (Å²) in [5.41, 5.74) is 1.77. The van der Waals surface area contributed by atoms with Crippen molar-refractivity contribution in [2.45, 2.75) is 39.3 Å². The zero-order valence-electron chi connectivity index (χ0n) is 15.9. The molecule has 0 unspecified atom stereocenters. The van der Waals surface area contributed by atoms with Crippen LogP contribution in [0, 0.1) is 5.82 Å². The van der Waals surface area contributed by atoms with E-state index in [0.29, 0.717) is 35.2 Å². The van der Waals surface area contributed by atoms with Crippen LogP contribution in [0.2, 0.25) is 5.02 Å². The third kappa shape index (κ3) is 7.24. The van der Waals surface area contributed by atoms with E-state index >= 15 is 0 Å². The minimum atomic E-state index is -0.377. The molecule has 0 aromatic heterocycles. The first-order valence-corrected chi connectivity index (χ1v) is 10.6. The molecule has 0 spiro atoms. The third-order valence-corrected chi connectivity index (χ3v) is 5.04. The van der Waals surface area contributed by atoms with Crippen molar-refractivity contribution in [2.24, 2.45) is 0 Å². The monoisotopic (exact) mass is 473 g/mol.